The van der Waals surface area contributed by atoms with Crippen molar-refractivity contribution in [2.24, 2.45) is 0 Å². The van der Waals surface area contributed by atoms with E-state index in [0.717, 1.165) is 18.2 Å². The van der Waals surface area contributed by atoms with Gasteiger partial charge in [0.05, 0.1) is 27.2 Å². The summed E-state index contributed by atoms with van der Waals surface area (Å²) in [6.07, 6.45) is 0. The van der Waals surface area contributed by atoms with Gasteiger partial charge < -0.3 is 5.32 Å². The minimum absolute atomic E-state index is 0.528. The van der Waals surface area contributed by atoms with Gasteiger partial charge in [0.15, 0.2) is 17.5 Å². The Morgan fingerprint density at radius 1 is 0.917 bits per heavy atom. The van der Waals surface area contributed by atoms with Crippen LogP contribution in [0.25, 0.3) is 0 Å². The van der Waals surface area contributed by atoms with E-state index in [1.54, 1.807) is 0 Å². The van der Waals surface area contributed by atoms with Gasteiger partial charge in [0.2, 0.25) is 0 Å². The highest BCUT2D eigenvalue weighted by atomic mass is 19.2. The lowest BCUT2D eigenvalue weighted by Gasteiger charge is -2.07. The number of halogens is 3. The minimum atomic E-state index is -1.82. The number of hydrogen-bond donors (Lipinski definition) is 1. The summed E-state index contributed by atoms with van der Waals surface area (Å²) < 4.78 is 39.4. The zero-order valence-electron chi connectivity index (χ0n) is 11.5. The molecule has 0 spiro atoms. The van der Waals surface area contributed by atoms with Crippen molar-refractivity contribution in [1.82, 2.24) is 0 Å². The van der Waals surface area contributed by atoms with Crippen molar-refractivity contribution in [3.8, 4) is 0 Å². The predicted molar refractivity (Wildman–Crippen MR) is 74.0 cm³/mol. The first-order valence-corrected chi connectivity index (χ1v) is 6.09. The average molecular weight is 341 g/mol. The van der Waals surface area contributed by atoms with Crippen LogP contribution >= 0.6 is 0 Å². The first kappa shape index (κ1) is 16.9. The lowest BCUT2D eigenvalue weighted by molar-refractivity contribution is -0.394. The van der Waals surface area contributed by atoms with Gasteiger partial charge >= 0.3 is 0 Å². The molecule has 2 aromatic rings. The first-order valence-electron chi connectivity index (χ1n) is 6.09. The third-order valence-electron chi connectivity index (χ3n) is 2.87. The van der Waals surface area contributed by atoms with Gasteiger partial charge in [0, 0.05) is 12.1 Å². The molecule has 0 bridgehead atoms. The van der Waals surface area contributed by atoms with Gasteiger partial charge in [0.25, 0.3) is 17.3 Å². The van der Waals surface area contributed by atoms with E-state index >= 15 is 0 Å². The molecule has 0 fully saturated rings. The molecule has 2 rings (SSSR count). The Kier molecular flexibility index (Phi) is 4.44. The van der Waals surface area contributed by atoms with Crippen LogP contribution in [0, 0.1) is 37.7 Å². The summed E-state index contributed by atoms with van der Waals surface area (Å²) in [7, 11) is 0. The number of nitrogens with zero attached hydrogens (tertiary/aromatic N) is 2. The van der Waals surface area contributed by atoms with Crippen LogP contribution in [0.3, 0.4) is 0 Å². The molecule has 24 heavy (non-hydrogen) atoms. The molecular weight excluding hydrogens is 335 g/mol. The molecule has 0 heterocycles. The summed E-state index contributed by atoms with van der Waals surface area (Å²) in [4.78, 5) is 31.6. The molecule has 0 unspecified atom stereocenters. The molecule has 0 saturated carbocycles. The van der Waals surface area contributed by atoms with Crippen LogP contribution in [0.1, 0.15) is 10.4 Å². The van der Waals surface area contributed by atoms with E-state index in [1.165, 1.54) is 0 Å². The number of amides is 1. The van der Waals surface area contributed by atoms with Crippen LogP contribution in [0.2, 0.25) is 0 Å². The second kappa shape index (κ2) is 6.32. The SMILES string of the molecule is O=C(Nc1ccc(F)c(F)c1F)c1cc([N+](=O)[O-])cc([N+](=O)[O-])c1. The van der Waals surface area contributed by atoms with Crippen molar-refractivity contribution in [2.45, 2.75) is 0 Å². The van der Waals surface area contributed by atoms with Gasteiger partial charge in [0.1, 0.15) is 0 Å². The summed E-state index contributed by atoms with van der Waals surface area (Å²) in [5.74, 6) is -6.15. The van der Waals surface area contributed by atoms with E-state index in [0.29, 0.717) is 12.1 Å². The summed E-state index contributed by atoms with van der Waals surface area (Å²) in [6, 6.07) is 3.37. The van der Waals surface area contributed by atoms with Crippen molar-refractivity contribution in [3.05, 3.63) is 73.6 Å². The molecule has 0 aliphatic heterocycles. The van der Waals surface area contributed by atoms with Crippen molar-refractivity contribution in [3.63, 3.8) is 0 Å². The average Bonchev–Trinajstić information content (AvgIpc) is 2.54. The summed E-state index contributed by atoms with van der Waals surface area (Å²) in [5.41, 5.74) is -2.73. The fourth-order valence-corrected chi connectivity index (χ4v) is 1.75. The van der Waals surface area contributed by atoms with E-state index in [2.05, 4.69) is 0 Å². The highest BCUT2D eigenvalue weighted by Crippen LogP contribution is 2.25. The summed E-state index contributed by atoms with van der Waals surface area (Å²) >= 11 is 0. The topological polar surface area (TPSA) is 115 Å². The van der Waals surface area contributed by atoms with Crippen molar-refractivity contribution in [1.29, 1.82) is 0 Å². The van der Waals surface area contributed by atoms with Crippen molar-refractivity contribution < 1.29 is 27.8 Å². The number of anilines is 1. The molecule has 8 nitrogen and oxygen atoms in total. The number of hydrogen-bond acceptors (Lipinski definition) is 5. The Morgan fingerprint density at radius 2 is 1.46 bits per heavy atom. The van der Waals surface area contributed by atoms with Gasteiger partial charge in [-0.05, 0) is 12.1 Å². The smallest absolute Gasteiger partial charge is 0.277 e. The third-order valence-corrected chi connectivity index (χ3v) is 2.87. The molecule has 0 atom stereocenters. The first-order chi connectivity index (χ1) is 11.2. The van der Waals surface area contributed by atoms with Crippen LogP contribution < -0.4 is 5.32 Å². The van der Waals surface area contributed by atoms with E-state index in [1.807, 2.05) is 5.32 Å². The zero-order valence-corrected chi connectivity index (χ0v) is 11.5. The lowest BCUT2D eigenvalue weighted by atomic mass is 10.1. The van der Waals surface area contributed by atoms with Gasteiger partial charge in [-0.25, -0.2) is 13.2 Å². The molecule has 0 aliphatic rings. The molecule has 0 aliphatic carbocycles. The van der Waals surface area contributed by atoms with Crippen LogP contribution in [0.5, 0.6) is 0 Å². The van der Waals surface area contributed by atoms with Gasteiger partial charge in [-0.15, -0.1) is 0 Å². The Hall–Kier alpha value is -3.50. The summed E-state index contributed by atoms with van der Waals surface area (Å²) in [6.45, 7) is 0. The molecule has 11 heteroatoms. The number of rotatable bonds is 4. The number of carbonyl (C=O) groups is 1. The fraction of sp³-hybridized carbons (Fsp3) is 0. The van der Waals surface area contributed by atoms with Gasteiger partial charge in [-0.3, -0.25) is 25.0 Å². The number of benzene rings is 2. The Bertz CT molecular complexity index is 840. The molecule has 0 radical (unpaired) electrons. The lowest BCUT2D eigenvalue weighted by Crippen LogP contribution is -2.14. The number of nitro benzene ring substituents is 2. The molecule has 2 aromatic carbocycles. The Morgan fingerprint density at radius 3 is 1.96 bits per heavy atom. The van der Waals surface area contributed by atoms with Gasteiger partial charge in [-0.1, -0.05) is 0 Å². The Balaban J connectivity index is 2.41. The highest BCUT2D eigenvalue weighted by Gasteiger charge is 2.21. The number of nitrogens with one attached hydrogen (secondary N) is 1. The van der Waals surface area contributed by atoms with Crippen LogP contribution in [0.15, 0.2) is 30.3 Å². The van der Waals surface area contributed by atoms with Crippen molar-refractivity contribution >= 4 is 23.0 Å². The maximum absolute atomic E-state index is 13.5. The standard InChI is InChI=1S/C13H6F3N3O5/c14-9-1-2-10(12(16)11(9)15)17-13(20)6-3-7(18(21)22)5-8(4-6)19(23)24/h1-5H,(H,17,20). The molecule has 0 saturated heterocycles. The monoisotopic (exact) mass is 341 g/mol. The molecule has 124 valence electrons. The molecule has 1 amide bonds. The van der Waals surface area contributed by atoms with E-state index in [4.69, 9.17) is 0 Å². The number of non-ortho nitro benzene ring substituents is 2. The van der Waals surface area contributed by atoms with Crippen molar-refractivity contribution in [2.75, 3.05) is 5.32 Å². The Labute approximate surface area is 130 Å². The second-order valence-corrected chi connectivity index (χ2v) is 4.43. The van der Waals surface area contributed by atoms with E-state index in [9.17, 15) is 38.2 Å². The normalized spacial score (nSPS) is 10.3. The maximum atomic E-state index is 13.5. The van der Waals surface area contributed by atoms with E-state index < -0.39 is 55.8 Å². The van der Waals surface area contributed by atoms with Crippen LogP contribution in [-0.2, 0) is 0 Å². The zero-order chi connectivity index (χ0) is 18.0. The largest absolute Gasteiger partial charge is 0.319 e. The molecule has 0 aromatic heterocycles. The fourth-order valence-electron chi connectivity index (χ4n) is 1.75. The van der Waals surface area contributed by atoms with Crippen LogP contribution in [-0.4, -0.2) is 15.8 Å². The summed E-state index contributed by atoms with van der Waals surface area (Å²) in [5, 5.41) is 23.4. The number of carbonyl (C=O) groups excluding carboxylic acids is 1. The van der Waals surface area contributed by atoms with Gasteiger partial charge in [-0.2, -0.15) is 0 Å². The quantitative estimate of drug-likeness (QED) is 0.521. The van der Waals surface area contributed by atoms with E-state index in [-0.39, 0.29) is 0 Å². The third kappa shape index (κ3) is 3.29. The molecule has 1 N–H and O–H groups in total. The maximum Gasteiger partial charge on any atom is 0.277 e. The van der Waals surface area contributed by atoms with Crippen LogP contribution in [0.4, 0.5) is 30.2 Å². The molecular formula is C13H6F3N3O5. The minimum Gasteiger partial charge on any atom is -0.319 e. The highest BCUT2D eigenvalue weighted by molar-refractivity contribution is 6.05. The number of nitro groups is 2. The second-order valence-electron chi connectivity index (χ2n) is 4.43. The predicted octanol–water partition coefficient (Wildman–Crippen LogP) is 3.17.